The number of hydrogen-bond acceptors (Lipinski definition) is 2. The monoisotopic (exact) mass is 318 g/mol. The molecule has 0 atom stereocenters. The van der Waals surface area contributed by atoms with E-state index in [0.29, 0.717) is 11.6 Å². The fourth-order valence-electron chi connectivity index (χ4n) is 1.99. The molecule has 0 radical (unpaired) electrons. The van der Waals surface area contributed by atoms with Gasteiger partial charge in [0, 0.05) is 5.69 Å². The summed E-state index contributed by atoms with van der Waals surface area (Å²) in [5, 5.41) is 4.33. The van der Waals surface area contributed by atoms with Crippen molar-refractivity contribution in [2.45, 2.75) is 19.8 Å². The molecule has 0 aliphatic heterocycles. The highest BCUT2D eigenvalue weighted by atomic mass is 19.1. The van der Waals surface area contributed by atoms with Gasteiger partial charge in [0.05, 0.1) is 0 Å². The van der Waals surface area contributed by atoms with Crippen molar-refractivity contribution in [1.29, 1.82) is 0 Å². The van der Waals surface area contributed by atoms with Gasteiger partial charge in [0.25, 0.3) is 5.91 Å². The predicted molar refractivity (Wildman–Crippen MR) is 83.4 cm³/mol. The first-order valence-corrected chi connectivity index (χ1v) is 7.04. The average molecular weight is 318 g/mol. The molecule has 23 heavy (non-hydrogen) atoms. The van der Waals surface area contributed by atoms with Gasteiger partial charge in [0.2, 0.25) is 0 Å². The summed E-state index contributed by atoms with van der Waals surface area (Å²) in [6, 6.07) is 9.22. The summed E-state index contributed by atoms with van der Waals surface area (Å²) in [5.41, 5.74) is 0.770. The van der Waals surface area contributed by atoms with E-state index < -0.39 is 29.1 Å². The van der Waals surface area contributed by atoms with E-state index in [4.69, 9.17) is 0 Å². The standard InChI is InChI=1S/C17H16F2N2O2/c1-10(2)11-6-8-12(9-7-11)20-17(23)21-16(22)15-13(18)4-3-5-14(15)19/h3-10H,1-2H3,(H2,20,21,22,23). The Morgan fingerprint density at radius 1 is 0.957 bits per heavy atom. The fraction of sp³-hybridized carbons (Fsp3) is 0.176. The molecule has 0 aromatic heterocycles. The predicted octanol–water partition coefficient (Wildman–Crippen LogP) is 4.05. The Morgan fingerprint density at radius 2 is 1.52 bits per heavy atom. The van der Waals surface area contributed by atoms with E-state index in [1.54, 1.807) is 12.1 Å². The van der Waals surface area contributed by atoms with E-state index in [9.17, 15) is 18.4 Å². The average Bonchev–Trinajstić information content (AvgIpc) is 2.47. The number of imide groups is 1. The summed E-state index contributed by atoms with van der Waals surface area (Å²) in [7, 11) is 0. The molecule has 0 saturated carbocycles. The van der Waals surface area contributed by atoms with Gasteiger partial charge in [0.1, 0.15) is 17.2 Å². The SMILES string of the molecule is CC(C)c1ccc(NC(=O)NC(=O)c2c(F)cccc2F)cc1. The number of urea groups is 1. The Balaban J connectivity index is 2.03. The van der Waals surface area contributed by atoms with E-state index in [-0.39, 0.29) is 0 Å². The molecule has 4 nitrogen and oxygen atoms in total. The number of benzene rings is 2. The van der Waals surface area contributed by atoms with Crippen LogP contribution in [0.25, 0.3) is 0 Å². The molecule has 2 N–H and O–H groups in total. The second-order valence-electron chi connectivity index (χ2n) is 5.28. The van der Waals surface area contributed by atoms with Crippen LogP contribution >= 0.6 is 0 Å². The van der Waals surface area contributed by atoms with Gasteiger partial charge < -0.3 is 5.32 Å². The third kappa shape index (κ3) is 4.12. The molecule has 0 heterocycles. The fourth-order valence-corrected chi connectivity index (χ4v) is 1.99. The van der Waals surface area contributed by atoms with E-state index in [1.807, 2.05) is 31.3 Å². The maximum absolute atomic E-state index is 13.5. The molecule has 0 aliphatic carbocycles. The van der Waals surface area contributed by atoms with Crippen LogP contribution in [-0.4, -0.2) is 11.9 Å². The van der Waals surface area contributed by atoms with Crippen molar-refractivity contribution < 1.29 is 18.4 Å². The molecule has 0 bridgehead atoms. The molecule has 2 rings (SSSR count). The summed E-state index contributed by atoms with van der Waals surface area (Å²) in [5.74, 6) is -2.85. The van der Waals surface area contributed by atoms with Crippen LogP contribution in [0.1, 0.15) is 35.7 Å². The zero-order valence-corrected chi connectivity index (χ0v) is 12.7. The van der Waals surface area contributed by atoms with Crippen molar-refractivity contribution in [2.75, 3.05) is 5.32 Å². The minimum atomic E-state index is -1.14. The normalized spacial score (nSPS) is 10.5. The minimum Gasteiger partial charge on any atom is -0.308 e. The zero-order chi connectivity index (χ0) is 17.0. The maximum atomic E-state index is 13.5. The Bertz CT molecular complexity index is 708. The highest BCUT2D eigenvalue weighted by Gasteiger charge is 2.19. The number of amides is 3. The lowest BCUT2D eigenvalue weighted by Crippen LogP contribution is -2.35. The molecule has 0 unspecified atom stereocenters. The zero-order valence-electron chi connectivity index (χ0n) is 12.7. The van der Waals surface area contributed by atoms with E-state index in [1.165, 1.54) is 0 Å². The summed E-state index contributed by atoms with van der Waals surface area (Å²) < 4.78 is 26.9. The largest absolute Gasteiger partial charge is 0.326 e. The van der Waals surface area contributed by atoms with Crippen molar-refractivity contribution in [3.05, 3.63) is 65.2 Å². The van der Waals surface area contributed by atoms with Gasteiger partial charge >= 0.3 is 6.03 Å². The molecule has 3 amide bonds. The van der Waals surface area contributed by atoms with Crippen molar-refractivity contribution in [2.24, 2.45) is 0 Å². The molecule has 2 aromatic rings. The van der Waals surface area contributed by atoms with Crippen LogP contribution in [0.5, 0.6) is 0 Å². The quantitative estimate of drug-likeness (QED) is 0.897. The number of carbonyl (C=O) groups is 2. The Morgan fingerprint density at radius 3 is 2.04 bits per heavy atom. The number of hydrogen-bond donors (Lipinski definition) is 2. The molecular weight excluding hydrogens is 302 g/mol. The van der Waals surface area contributed by atoms with Gasteiger partial charge in [-0.05, 0) is 35.7 Å². The van der Waals surface area contributed by atoms with Crippen LogP contribution < -0.4 is 10.6 Å². The molecule has 0 spiro atoms. The summed E-state index contributed by atoms with van der Waals surface area (Å²) >= 11 is 0. The third-order valence-electron chi connectivity index (χ3n) is 3.25. The van der Waals surface area contributed by atoms with E-state index >= 15 is 0 Å². The lowest BCUT2D eigenvalue weighted by molar-refractivity contribution is 0.0959. The smallest absolute Gasteiger partial charge is 0.308 e. The van der Waals surface area contributed by atoms with Crippen LogP contribution in [0.3, 0.4) is 0 Å². The Labute approximate surface area is 132 Å². The molecule has 0 fully saturated rings. The number of nitrogens with one attached hydrogen (secondary N) is 2. The van der Waals surface area contributed by atoms with Crippen LogP contribution in [0.15, 0.2) is 42.5 Å². The van der Waals surface area contributed by atoms with Gasteiger partial charge in [-0.2, -0.15) is 0 Å². The van der Waals surface area contributed by atoms with Crippen LogP contribution in [0, 0.1) is 11.6 Å². The van der Waals surface area contributed by atoms with Crippen molar-refractivity contribution in [3.8, 4) is 0 Å². The minimum absolute atomic E-state index is 0.350. The summed E-state index contributed by atoms with van der Waals surface area (Å²) in [6.45, 7) is 4.08. The Hall–Kier alpha value is -2.76. The van der Waals surface area contributed by atoms with Gasteiger partial charge in [-0.3, -0.25) is 10.1 Å². The summed E-state index contributed by atoms with van der Waals surface area (Å²) in [4.78, 5) is 23.5. The number of rotatable bonds is 3. The van der Waals surface area contributed by atoms with Crippen molar-refractivity contribution >= 4 is 17.6 Å². The van der Waals surface area contributed by atoms with E-state index in [2.05, 4.69) is 5.32 Å². The second-order valence-corrected chi connectivity index (χ2v) is 5.28. The van der Waals surface area contributed by atoms with Gasteiger partial charge in [-0.15, -0.1) is 0 Å². The van der Waals surface area contributed by atoms with Crippen LogP contribution in [0.2, 0.25) is 0 Å². The molecule has 0 aliphatic rings. The van der Waals surface area contributed by atoms with Crippen LogP contribution in [0.4, 0.5) is 19.3 Å². The van der Waals surface area contributed by atoms with Crippen LogP contribution in [-0.2, 0) is 0 Å². The first kappa shape index (κ1) is 16.6. The highest BCUT2D eigenvalue weighted by molar-refractivity contribution is 6.08. The van der Waals surface area contributed by atoms with Gasteiger partial charge in [-0.25, -0.2) is 13.6 Å². The lowest BCUT2D eigenvalue weighted by Gasteiger charge is -2.09. The third-order valence-corrected chi connectivity index (χ3v) is 3.25. The topological polar surface area (TPSA) is 58.2 Å². The van der Waals surface area contributed by atoms with E-state index in [0.717, 1.165) is 23.8 Å². The Kier molecular flexibility index (Phi) is 5.05. The maximum Gasteiger partial charge on any atom is 0.326 e. The summed E-state index contributed by atoms with van der Waals surface area (Å²) in [6.07, 6.45) is 0. The van der Waals surface area contributed by atoms with Crippen molar-refractivity contribution in [3.63, 3.8) is 0 Å². The molecule has 0 saturated heterocycles. The molecule has 2 aromatic carbocycles. The number of carbonyl (C=O) groups excluding carboxylic acids is 2. The molecule has 120 valence electrons. The van der Waals surface area contributed by atoms with Crippen molar-refractivity contribution in [1.82, 2.24) is 5.32 Å². The molecular formula is C17H16F2N2O2. The first-order chi connectivity index (χ1) is 10.9. The first-order valence-electron chi connectivity index (χ1n) is 7.04. The highest BCUT2D eigenvalue weighted by Crippen LogP contribution is 2.17. The number of halogens is 2. The van der Waals surface area contributed by atoms with Gasteiger partial charge in [-0.1, -0.05) is 32.0 Å². The van der Waals surface area contributed by atoms with Gasteiger partial charge in [0.15, 0.2) is 0 Å². The number of anilines is 1. The second kappa shape index (κ2) is 7.00. The molecule has 6 heteroatoms. The lowest BCUT2D eigenvalue weighted by atomic mass is 10.0.